The molecule has 3 nitrogen and oxygen atoms in total. The zero-order chi connectivity index (χ0) is 12.4. The number of ether oxygens (including phenoxy) is 1. The maximum atomic E-state index is 11.7. The predicted octanol–water partition coefficient (Wildman–Crippen LogP) is 2.65. The molecule has 0 aromatic heterocycles. The molecule has 17 heavy (non-hydrogen) atoms. The van der Waals surface area contributed by atoms with E-state index in [2.05, 4.69) is 0 Å². The molecule has 2 rings (SSSR count). The number of rotatable bonds is 2. The van der Waals surface area contributed by atoms with Gasteiger partial charge in [-0.15, -0.1) is 0 Å². The minimum absolute atomic E-state index is 0.0540. The molecule has 1 aliphatic rings. The van der Waals surface area contributed by atoms with Gasteiger partial charge in [-0.2, -0.15) is 0 Å². The monoisotopic (exact) mass is 253 g/mol. The van der Waals surface area contributed by atoms with Crippen LogP contribution in [0, 0.1) is 0 Å². The van der Waals surface area contributed by atoms with Gasteiger partial charge in [0, 0.05) is 11.1 Å². The van der Waals surface area contributed by atoms with Gasteiger partial charge in [0.1, 0.15) is 12.7 Å². The number of nitrogens with zero attached hydrogens (tertiary/aromatic N) is 1. The van der Waals surface area contributed by atoms with E-state index < -0.39 is 0 Å². The fraction of sp³-hybridized carbons (Fsp3) is 0.462. The molecule has 0 spiro atoms. The molecule has 1 aromatic carbocycles. The van der Waals surface area contributed by atoms with Gasteiger partial charge < -0.3 is 9.64 Å². The van der Waals surface area contributed by atoms with Crippen LogP contribution in [-0.2, 0) is 9.53 Å². The summed E-state index contributed by atoms with van der Waals surface area (Å²) in [4.78, 5) is 13.5. The minimum atomic E-state index is -0.0752. The van der Waals surface area contributed by atoms with Crippen LogP contribution in [0.3, 0.4) is 0 Å². The van der Waals surface area contributed by atoms with Crippen molar-refractivity contribution in [2.75, 3.05) is 13.2 Å². The number of hydrogen-bond donors (Lipinski definition) is 0. The molecule has 1 fully saturated rings. The lowest BCUT2D eigenvalue weighted by atomic mass is 10.1. The summed E-state index contributed by atoms with van der Waals surface area (Å²) < 4.78 is 5.56. The molecule has 0 radical (unpaired) electrons. The zero-order valence-electron chi connectivity index (χ0n) is 10.0. The quantitative estimate of drug-likeness (QED) is 0.811. The molecule has 1 aliphatic heterocycles. The summed E-state index contributed by atoms with van der Waals surface area (Å²) in [5.74, 6) is 0.0540. The Labute approximate surface area is 106 Å². The molecule has 0 N–H and O–H groups in total. The Hall–Kier alpha value is -1.06. The summed E-state index contributed by atoms with van der Waals surface area (Å²) in [6.45, 7) is 4.77. The minimum Gasteiger partial charge on any atom is -0.362 e. The normalized spacial score (nSPS) is 21.1. The topological polar surface area (TPSA) is 29.5 Å². The SMILES string of the molecule is CC(C)N1CC(c2cccc(Cl)c2)OCC1=O. The van der Waals surface area contributed by atoms with Crippen molar-refractivity contribution in [3.05, 3.63) is 34.9 Å². The molecule has 0 aliphatic carbocycles. The number of hydrogen-bond acceptors (Lipinski definition) is 2. The first-order valence-electron chi connectivity index (χ1n) is 5.74. The molecule has 1 saturated heterocycles. The van der Waals surface area contributed by atoms with Crippen LogP contribution < -0.4 is 0 Å². The summed E-state index contributed by atoms with van der Waals surface area (Å²) in [5.41, 5.74) is 1.02. The van der Waals surface area contributed by atoms with Gasteiger partial charge in [0.25, 0.3) is 0 Å². The third-order valence-corrected chi connectivity index (χ3v) is 3.17. The van der Waals surface area contributed by atoms with E-state index in [0.29, 0.717) is 11.6 Å². The number of benzene rings is 1. The number of carbonyl (C=O) groups excluding carboxylic acids is 1. The smallest absolute Gasteiger partial charge is 0.248 e. The van der Waals surface area contributed by atoms with Crippen LogP contribution in [0.5, 0.6) is 0 Å². The average molecular weight is 254 g/mol. The van der Waals surface area contributed by atoms with E-state index in [-0.39, 0.29) is 24.7 Å². The number of carbonyl (C=O) groups is 1. The molecular formula is C13H16ClNO2. The number of morpholine rings is 1. The van der Waals surface area contributed by atoms with Crippen molar-refractivity contribution in [3.8, 4) is 0 Å². The molecule has 1 amide bonds. The third-order valence-electron chi connectivity index (χ3n) is 2.93. The first-order valence-corrected chi connectivity index (χ1v) is 6.12. The van der Waals surface area contributed by atoms with Crippen LogP contribution in [0.1, 0.15) is 25.5 Å². The summed E-state index contributed by atoms with van der Waals surface area (Å²) in [6.07, 6.45) is -0.0752. The Balaban J connectivity index is 2.16. The predicted molar refractivity (Wildman–Crippen MR) is 67.0 cm³/mol. The van der Waals surface area contributed by atoms with Gasteiger partial charge in [-0.25, -0.2) is 0 Å². The van der Waals surface area contributed by atoms with E-state index in [1.165, 1.54) is 0 Å². The van der Waals surface area contributed by atoms with Crippen molar-refractivity contribution < 1.29 is 9.53 Å². The van der Waals surface area contributed by atoms with Crippen LogP contribution in [0.4, 0.5) is 0 Å². The molecule has 1 aromatic rings. The lowest BCUT2D eigenvalue weighted by Crippen LogP contribution is -2.46. The lowest BCUT2D eigenvalue weighted by molar-refractivity contribution is -0.151. The van der Waals surface area contributed by atoms with Gasteiger partial charge in [0.05, 0.1) is 6.54 Å². The average Bonchev–Trinajstić information content (AvgIpc) is 2.29. The molecule has 0 bridgehead atoms. The van der Waals surface area contributed by atoms with Crippen molar-refractivity contribution >= 4 is 17.5 Å². The van der Waals surface area contributed by atoms with Crippen molar-refractivity contribution in [1.82, 2.24) is 4.90 Å². The van der Waals surface area contributed by atoms with Crippen LogP contribution >= 0.6 is 11.6 Å². The highest BCUT2D eigenvalue weighted by atomic mass is 35.5. The van der Waals surface area contributed by atoms with Crippen LogP contribution in [0.25, 0.3) is 0 Å². The highest BCUT2D eigenvalue weighted by molar-refractivity contribution is 6.30. The molecule has 0 saturated carbocycles. The standard InChI is InChI=1S/C13H16ClNO2/c1-9(2)15-7-12(17-8-13(15)16)10-4-3-5-11(14)6-10/h3-6,9,12H,7-8H2,1-2H3. The van der Waals surface area contributed by atoms with Crippen molar-refractivity contribution in [1.29, 1.82) is 0 Å². The van der Waals surface area contributed by atoms with E-state index >= 15 is 0 Å². The van der Waals surface area contributed by atoms with E-state index in [1.807, 2.05) is 43.0 Å². The van der Waals surface area contributed by atoms with Gasteiger partial charge in [0.15, 0.2) is 0 Å². The molecule has 1 unspecified atom stereocenters. The highest BCUT2D eigenvalue weighted by Crippen LogP contribution is 2.25. The highest BCUT2D eigenvalue weighted by Gasteiger charge is 2.28. The first kappa shape index (κ1) is 12.4. The summed E-state index contributed by atoms with van der Waals surface area (Å²) in [6, 6.07) is 7.80. The largest absolute Gasteiger partial charge is 0.362 e. The van der Waals surface area contributed by atoms with Crippen molar-refractivity contribution in [3.63, 3.8) is 0 Å². The molecular weight excluding hydrogens is 238 g/mol. The van der Waals surface area contributed by atoms with Crippen molar-refractivity contribution in [2.24, 2.45) is 0 Å². The fourth-order valence-corrected chi connectivity index (χ4v) is 2.19. The molecule has 1 heterocycles. The third kappa shape index (κ3) is 2.79. The van der Waals surface area contributed by atoms with Gasteiger partial charge in [-0.3, -0.25) is 4.79 Å². The Morgan fingerprint density at radius 2 is 2.24 bits per heavy atom. The Morgan fingerprint density at radius 1 is 1.47 bits per heavy atom. The Bertz CT molecular complexity index is 420. The Kier molecular flexibility index (Phi) is 3.69. The maximum Gasteiger partial charge on any atom is 0.248 e. The molecule has 92 valence electrons. The van der Waals surface area contributed by atoms with Crippen molar-refractivity contribution in [2.45, 2.75) is 26.0 Å². The van der Waals surface area contributed by atoms with E-state index in [1.54, 1.807) is 0 Å². The van der Waals surface area contributed by atoms with Crippen LogP contribution in [0.15, 0.2) is 24.3 Å². The second kappa shape index (κ2) is 5.07. The van der Waals surface area contributed by atoms with E-state index in [9.17, 15) is 4.79 Å². The lowest BCUT2D eigenvalue weighted by Gasteiger charge is -2.35. The van der Waals surface area contributed by atoms with Gasteiger partial charge in [-0.1, -0.05) is 23.7 Å². The number of amides is 1. The first-order chi connectivity index (χ1) is 8.08. The van der Waals surface area contributed by atoms with E-state index in [4.69, 9.17) is 16.3 Å². The zero-order valence-corrected chi connectivity index (χ0v) is 10.8. The Morgan fingerprint density at radius 3 is 2.88 bits per heavy atom. The van der Waals surface area contributed by atoms with Gasteiger partial charge >= 0.3 is 0 Å². The fourth-order valence-electron chi connectivity index (χ4n) is 2.00. The second-order valence-corrected chi connectivity index (χ2v) is 4.93. The molecule has 1 atom stereocenters. The summed E-state index contributed by atoms with van der Waals surface area (Å²) in [7, 11) is 0. The van der Waals surface area contributed by atoms with Crippen LogP contribution in [0.2, 0.25) is 5.02 Å². The summed E-state index contributed by atoms with van der Waals surface area (Å²) >= 11 is 5.96. The molecule has 4 heteroatoms. The van der Waals surface area contributed by atoms with Crippen LogP contribution in [-0.4, -0.2) is 30.0 Å². The maximum absolute atomic E-state index is 11.7. The van der Waals surface area contributed by atoms with E-state index in [0.717, 1.165) is 5.56 Å². The van der Waals surface area contributed by atoms with Gasteiger partial charge in [0.2, 0.25) is 5.91 Å². The second-order valence-electron chi connectivity index (χ2n) is 4.49. The number of halogens is 1. The van der Waals surface area contributed by atoms with Gasteiger partial charge in [-0.05, 0) is 31.5 Å². The summed E-state index contributed by atoms with van der Waals surface area (Å²) in [5, 5.41) is 0.694.